The van der Waals surface area contributed by atoms with Crippen LogP contribution >= 0.6 is 12.2 Å². The highest BCUT2D eigenvalue weighted by molar-refractivity contribution is 7.78. The Kier molecular flexibility index (Phi) is 5.53. The maximum absolute atomic E-state index is 13.8. The molecule has 0 atom stereocenters. The molecule has 0 amide bonds. The number of isothiocyanates is 1. The summed E-state index contributed by atoms with van der Waals surface area (Å²) in [5.41, 5.74) is 4.41. The third kappa shape index (κ3) is 4.03. The van der Waals surface area contributed by atoms with Crippen LogP contribution in [-0.4, -0.2) is 5.16 Å². The summed E-state index contributed by atoms with van der Waals surface area (Å²) in [6, 6.07) is 8.25. The first-order valence-corrected chi connectivity index (χ1v) is 8.53. The average molecular weight is 363 g/mol. The van der Waals surface area contributed by atoms with E-state index in [0.717, 1.165) is 37.0 Å². The average Bonchev–Trinajstić information content (AvgIpc) is 3.03. The second kappa shape index (κ2) is 8.01. The van der Waals surface area contributed by atoms with Crippen molar-refractivity contribution < 1.29 is 8.78 Å². The molecule has 3 rings (SSSR count). The molecule has 128 valence electrons. The van der Waals surface area contributed by atoms with Gasteiger partial charge in [0.05, 0.1) is 5.16 Å². The number of hydrogen-bond donors (Lipinski definition) is 0. The van der Waals surface area contributed by atoms with Gasteiger partial charge < -0.3 is 0 Å². The van der Waals surface area contributed by atoms with Gasteiger partial charge in [0.1, 0.15) is 5.69 Å². The highest BCUT2D eigenvalue weighted by Gasteiger charge is 2.12. The summed E-state index contributed by atoms with van der Waals surface area (Å²) >= 11 is 4.38. The summed E-state index contributed by atoms with van der Waals surface area (Å²) in [6.07, 6.45) is 7.01. The van der Waals surface area contributed by atoms with Crippen molar-refractivity contribution in [3.8, 4) is 11.8 Å². The summed E-state index contributed by atoms with van der Waals surface area (Å²) in [6.45, 7) is 3.75. The first-order chi connectivity index (χ1) is 12.6. The fraction of sp³-hybridized carbons (Fsp3) is 0.136. The van der Waals surface area contributed by atoms with Gasteiger partial charge in [-0.1, -0.05) is 35.6 Å². The monoisotopic (exact) mass is 363 g/mol. The Morgan fingerprint density at radius 3 is 2.54 bits per heavy atom. The van der Waals surface area contributed by atoms with Crippen molar-refractivity contribution in [2.75, 3.05) is 0 Å². The van der Waals surface area contributed by atoms with Crippen molar-refractivity contribution in [3.05, 3.63) is 82.4 Å². The van der Waals surface area contributed by atoms with Crippen molar-refractivity contribution in [2.24, 2.45) is 4.99 Å². The molecule has 1 nitrogen and oxygen atoms in total. The summed E-state index contributed by atoms with van der Waals surface area (Å²) in [5.74, 6) is 4.15. The molecule has 1 aliphatic carbocycles. The lowest BCUT2D eigenvalue weighted by Crippen LogP contribution is -1.88. The Bertz CT molecular complexity index is 995. The molecule has 2 aromatic carbocycles. The zero-order valence-electron chi connectivity index (χ0n) is 14.0. The maximum Gasteiger partial charge on any atom is 0.153 e. The van der Waals surface area contributed by atoms with Crippen molar-refractivity contribution in [1.82, 2.24) is 0 Å². The van der Waals surface area contributed by atoms with Crippen LogP contribution in [0.3, 0.4) is 0 Å². The molecule has 0 N–H and O–H groups in total. The quantitative estimate of drug-likeness (QED) is 0.281. The smallest absolute Gasteiger partial charge is 0.153 e. The Labute approximate surface area is 156 Å². The molecule has 0 heterocycles. The fourth-order valence-corrected chi connectivity index (χ4v) is 2.97. The number of halogens is 2. The van der Waals surface area contributed by atoms with E-state index in [1.807, 2.05) is 29.4 Å². The van der Waals surface area contributed by atoms with Crippen LogP contribution in [0.1, 0.15) is 35.1 Å². The van der Waals surface area contributed by atoms with E-state index in [-0.39, 0.29) is 5.56 Å². The van der Waals surface area contributed by atoms with Gasteiger partial charge in [-0.15, -0.1) is 6.58 Å². The predicted molar refractivity (Wildman–Crippen MR) is 105 cm³/mol. The first kappa shape index (κ1) is 17.9. The Morgan fingerprint density at radius 1 is 1.12 bits per heavy atom. The Hall–Kier alpha value is -2.86. The number of nitrogens with zero attached hydrogens (tertiary/aromatic N) is 1. The van der Waals surface area contributed by atoms with Gasteiger partial charge in [0.2, 0.25) is 0 Å². The van der Waals surface area contributed by atoms with Crippen molar-refractivity contribution in [3.63, 3.8) is 0 Å². The number of aliphatic imine (C=N–C) groups is 1. The zero-order chi connectivity index (χ0) is 18.5. The molecular weight excluding hydrogens is 348 g/mol. The van der Waals surface area contributed by atoms with E-state index in [1.165, 1.54) is 16.7 Å². The summed E-state index contributed by atoms with van der Waals surface area (Å²) in [7, 11) is 0. The molecule has 0 aromatic heterocycles. The van der Waals surface area contributed by atoms with Gasteiger partial charge in [-0.3, -0.25) is 0 Å². The molecule has 0 spiro atoms. The lowest BCUT2D eigenvalue weighted by Gasteiger charge is -2.01. The molecule has 0 aliphatic heterocycles. The van der Waals surface area contributed by atoms with Crippen LogP contribution in [0, 0.1) is 23.5 Å². The molecule has 4 heteroatoms. The van der Waals surface area contributed by atoms with E-state index in [9.17, 15) is 8.78 Å². The van der Waals surface area contributed by atoms with Crippen LogP contribution in [0.2, 0.25) is 0 Å². The number of benzene rings is 2. The molecule has 0 radical (unpaired) electrons. The van der Waals surface area contributed by atoms with Crippen LogP contribution < -0.4 is 0 Å². The van der Waals surface area contributed by atoms with E-state index in [2.05, 4.69) is 41.7 Å². The lowest BCUT2D eigenvalue weighted by atomic mass is 10.0. The number of fused-ring (bicyclic) bond motifs is 1. The zero-order valence-corrected chi connectivity index (χ0v) is 14.8. The minimum absolute atomic E-state index is 0.244. The molecule has 0 unspecified atom stereocenters. The van der Waals surface area contributed by atoms with Gasteiger partial charge in [-0.25, -0.2) is 8.78 Å². The van der Waals surface area contributed by atoms with E-state index in [4.69, 9.17) is 0 Å². The van der Waals surface area contributed by atoms with E-state index in [0.29, 0.717) is 0 Å². The topological polar surface area (TPSA) is 12.4 Å². The summed E-state index contributed by atoms with van der Waals surface area (Å²) in [5, 5.41) is 1.96. The van der Waals surface area contributed by atoms with Crippen LogP contribution in [0.4, 0.5) is 14.5 Å². The third-order valence-corrected chi connectivity index (χ3v) is 4.21. The van der Waals surface area contributed by atoms with E-state index < -0.39 is 17.3 Å². The minimum atomic E-state index is -0.809. The van der Waals surface area contributed by atoms with Gasteiger partial charge >= 0.3 is 0 Å². The maximum atomic E-state index is 13.8. The molecule has 0 saturated heterocycles. The van der Waals surface area contributed by atoms with Crippen molar-refractivity contribution >= 4 is 29.1 Å². The normalized spacial score (nSPS) is 11.7. The van der Waals surface area contributed by atoms with Crippen LogP contribution in [-0.2, 0) is 6.42 Å². The summed E-state index contributed by atoms with van der Waals surface area (Å²) < 4.78 is 27.7. The summed E-state index contributed by atoms with van der Waals surface area (Å²) in [4.78, 5) is 3.39. The van der Waals surface area contributed by atoms with Gasteiger partial charge in [-0.05, 0) is 66.9 Å². The van der Waals surface area contributed by atoms with Gasteiger partial charge in [-0.2, -0.15) is 4.99 Å². The number of rotatable bonds is 4. The molecule has 2 aromatic rings. The molecule has 0 fully saturated rings. The van der Waals surface area contributed by atoms with E-state index >= 15 is 0 Å². The highest BCUT2D eigenvalue weighted by atomic mass is 32.1. The van der Waals surface area contributed by atoms with Gasteiger partial charge in [0.15, 0.2) is 11.6 Å². The number of thiocarbonyl (C=S) groups is 1. The first-order valence-electron chi connectivity index (χ1n) is 8.13. The van der Waals surface area contributed by atoms with Crippen molar-refractivity contribution in [1.29, 1.82) is 0 Å². The molecule has 26 heavy (non-hydrogen) atoms. The fourth-order valence-electron chi connectivity index (χ4n) is 2.88. The van der Waals surface area contributed by atoms with Crippen molar-refractivity contribution in [2.45, 2.75) is 19.3 Å². The second-order valence-corrected chi connectivity index (χ2v) is 6.14. The molecular formula is C22H15F2NS. The largest absolute Gasteiger partial charge is 0.204 e. The number of hydrogen-bond acceptors (Lipinski definition) is 2. The van der Waals surface area contributed by atoms with Gasteiger partial charge in [0, 0.05) is 11.1 Å². The highest BCUT2D eigenvalue weighted by Crippen LogP contribution is 2.28. The minimum Gasteiger partial charge on any atom is -0.204 e. The number of allylic oxidation sites excluding steroid dienone is 2. The SMILES string of the molecule is C=CCCC1=Cc2ccc(C#Cc3cc(F)c(N=C=S)c(F)c3)cc2C1. The van der Waals surface area contributed by atoms with Crippen LogP contribution in [0.25, 0.3) is 6.08 Å². The standard InChI is InChI=1S/C22H15F2NS/c1-2-3-4-16-10-18-8-7-15(9-19(18)11-16)5-6-17-12-20(23)22(25-14-26)21(24)13-17/h2,7-10,12-13H,1,3-4,11H2. The van der Waals surface area contributed by atoms with Gasteiger partial charge in [0.25, 0.3) is 0 Å². The third-order valence-electron chi connectivity index (χ3n) is 4.12. The Morgan fingerprint density at radius 2 is 1.85 bits per heavy atom. The molecule has 1 aliphatic rings. The Balaban J connectivity index is 1.81. The lowest BCUT2D eigenvalue weighted by molar-refractivity contribution is 0.587. The molecule has 0 bridgehead atoms. The molecule has 0 saturated carbocycles. The van der Waals surface area contributed by atoms with Crippen LogP contribution in [0.5, 0.6) is 0 Å². The van der Waals surface area contributed by atoms with E-state index in [1.54, 1.807) is 0 Å². The predicted octanol–water partition coefficient (Wildman–Crippen LogP) is 6.00. The van der Waals surface area contributed by atoms with Crippen LogP contribution in [0.15, 0.2) is 53.6 Å². The second-order valence-electron chi connectivity index (χ2n) is 5.96.